The lowest BCUT2D eigenvalue weighted by molar-refractivity contribution is 0.265. The monoisotopic (exact) mass is 259 g/mol. The van der Waals surface area contributed by atoms with Gasteiger partial charge in [0.05, 0.1) is 6.07 Å². The molecule has 0 radical (unpaired) electrons. The van der Waals surface area contributed by atoms with Gasteiger partial charge in [0.1, 0.15) is 0 Å². The molecule has 1 aliphatic rings. The van der Waals surface area contributed by atoms with Crippen molar-refractivity contribution in [3.8, 4) is 6.07 Å². The van der Waals surface area contributed by atoms with E-state index in [0.717, 1.165) is 25.8 Å². The number of nitriles is 1. The van der Waals surface area contributed by atoms with Gasteiger partial charge >= 0.3 is 0 Å². The van der Waals surface area contributed by atoms with Crippen molar-refractivity contribution in [2.24, 2.45) is 0 Å². The summed E-state index contributed by atoms with van der Waals surface area (Å²) in [6.07, 6.45) is 2.64. The first kappa shape index (κ1) is 14.4. The zero-order valence-electron chi connectivity index (χ0n) is 10.5. The first-order chi connectivity index (χ1) is 8.04. The summed E-state index contributed by atoms with van der Waals surface area (Å²) < 4.78 is 26.0. The molecule has 0 bridgehead atoms. The summed E-state index contributed by atoms with van der Waals surface area (Å²) in [6, 6.07) is 1.84. The quantitative estimate of drug-likeness (QED) is 0.788. The van der Waals surface area contributed by atoms with Crippen LogP contribution in [-0.2, 0) is 10.0 Å². The van der Waals surface area contributed by atoms with Gasteiger partial charge < -0.3 is 5.32 Å². The van der Waals surface area contributed by atoms with E-state index in [1.54, 1.807) is 0 Å². The Morgan fingerprint density at radius 2 is 2.29 bits per heavy atom. The van der Waals surface area contributed by atoms with E-state index in [-0.39, 0.29) is 6.04 Å². The maximum atomic E-state index is 12.2. The van der Waals surface area contributed by atoms with Crippen LogP contribution in [-0.4, -0.2) is 43.6 Å². The largest absolute Gasteiger partial charge is 0.315 e. The minimum atomic E-state index is -3.48. The summed E-state index contributed by atoms with van der Waals surface area (Å²) in [7, 11) is -3.48. The van der Waals surface area contributed by atoms with Crippen molar-refractivity contribution in [3.05, 3.63) is 0 Å². The minimum Gasteiger partial charge on any atom is -0.315 e. The van der Waals surface area contributed by atoms with Crippen LogP contribution in [0.5, 0.6) is 0 Å². The Hall–Kier alpha value is -0.640. The number of nitrogens with zero attached hydrogens (tertiary/aromatic N) is 2. The molecule has 6 heteroatoms. The van der Waals surface area contributed by atoms with E-state index in [1.165, 1.54) is 11.2 Å². The third-order valence-electron chi connectivity index (χ3n) is 3.08. The fourth-order valence-electron chi connectivity index (χ4n) is 2.09. The van der Waals surface area contributed by atoms with Crippen LogP contribution in [0, 0.1) is 11.3 Å². The third-order valence-corrected chi connectivity index (χ3v) is 5.21. The Kier molecular flexibility index (Phi) is 5.37. The van der Waals surface area contributed by atoms with Gasteiger partial charge in [-0.2, -0.15) is 9.57 Å². The van der Waals surface area contributed by atoms with Crippen LogP contribution < -0.4 is 5.32 Å². The Labute approximate surface area is 104 Å². The van der Waals surface area contributed by atoms with Crippen LogP contribution >= 0.6 is 0 Å². The van der Waals surface area contributed by atoms with Crippen molar-refractivity contribution in [1.29, 1.82) is 5.26 Å². The van der Waals surface area contributed by atoms with Crippen molar-refractivity contribution in [3.63, 3.8) is 0 Å². The molecule has 17 heavy (non-hydrogen) atoms. The van der Waals surface area contributed by atoms with Gasteiger partial charge in [0.2, 0.25) is 10.0 Å². The molecule has 5 nitrogen and oxygen atoms in total. The zero-order chi connectivity index (χ0) is 12.9. The van der Waals surface area contributed by atoms with Gasteiger partial charge in [0.25, 0.3) is 0 Å². The van der Waals surface area contributed by atoms with Crippen LogP contribution in [0.15, 0.2) is 0 Å². The molecule has 1 aliphatic heterocycles. The first-order valence-electron chi connectivity index (χ1n) is 6.15. The maximum absolute atomic E-state index is 12.2. The van der Waals surface area contributed by atoms with Crippen LogP contribution in [0.3, 0.4) is 0 Å². The highest BCUT2D eigenvalue weighted by Crippen LogP contribution is 2.18. The van der Waals surface area contributed by atoms with E-state index in [4.69, 9.17) is 5.26 Å². The topological polar surface area (TPSA) is 73.2 Å². The zero-order valence-corrected chi connectivity index (χ0v) is 11.3. The summed E-state index contributed by atoms with van der Waals surface area (Å²) in [6.45, 7) is 5.55. The summed E-state index contributed by atoms with van der Waals surface area (Å²) in [4.78, 5) is 0. The van der Waals surface area contributed by atoms with E-state index < -0.39 is 15.3 Å². The van der Waals surface area contributed by atoms with Crippen molar-refractivity contribution in [2.45, 2.75) is 44.4 Å². The van der Waals surface area contributed by atoms with E-state index in [1.807, 2.05) is 13.0 Å². The highest BCUT2D eigenvalue weighted by Gasteiger charge is 2.34. The maximum Gasteiger partial charge on any atom is 0.230 e. The molecule has 1 rings (SSSR count). The van der Waals surface area contributed by atoms with Gasteiger partial charge in [-0.15, -0.1) is 0 Å². The van der Waals surface area contributed by atoms with Gasteiger partial charge in [-0.05, 0) is 32.7 Å². The SMILES string of the molecule is CCCN(C1CCCNC1)S(=O)(=O)C(C)C#N. The van der Waals surface area contributed by atoms with Crippen molar-refractivity contribution < 1.29 is 8.42 Å². The Morgan fingerprint density at radius 1 is 1.59 bits per heavy atom. The summed E-state index contributed by atoms with van der Waals surface area (Å²) in [5, 5.41) is 11.1. The second kappa shape index (κ2) is 6.34. The average Bonchev–Trinajstić information content (AvgIpc) is 2.35. The molecule has 0 spiro atoms. The number of hydrogen-bond donors (Lipinski definition) is 1. The minimum absolute atomic E-state index is 0.00417. The molecule has 0 aromatic heterocycles. The van der Waals surface area contributed by atoms with Crippen LogP contribution in [0.4, 0.5) is 0 Å². The Bertz CT molecular complexity index is 369. The number of nitrogens with one attached hydrogen (secondary N) is 1. The van der Waals surface area contributed by atoms with Gasteiger partial charge in [0, 0.05) is 19.1 Å². The molecule has 2 unspecified atom stereocenters. The lowest BCUT2D eigenvalue weighted by Crippen LogP contribution is -2.51. The van der Waals surface area contributed by atoms with E-state index in [2.05, 4.69) is 5.32 Å². The predicted octanol–water partition coefficient (Wildman–Crippen LogP) is 0.692. The standard InChI is InChI=1S/C11H21N3O2S/c1-3-7-14(11-5-4-6-13-9-11)17(15,16)10(2)8-12/h10-11,13H,3-7,9H2,1-2H3. The first-order valence-corrected chi connectivity index (χ1v) is 7.65. The number of piperidine rings is 1. The second-order valence-corrected chi connectivity index (χ2v) is 6.63. The molecule has 0 aliphatic carbocycles. The predicted molar refractivity (Wildman–Crippen MR) is 66.9 cm³/mol. The number of hydrogen-bond acceptors (Lipinski definition) is 4. The molecule has 1 N–H and O–H groups in total. The summed E-state index contributed by atoms with van der Waals surface area (Å²) in [5.74, 6) is 0. The Balaban J connectivity index is 2.88. The summed E-state index contributed by atoms with van der Waals surface area (Å²) in [5.41, 5.74) is 0. The van der Waals surface area contributed by atoms with Crippen molar-refractivity contribution in [2.75, 3.05) is 19.6 Å². The molecule has 0 aromatic carbocycles. The van der Waals surface area contributed by atoms with Crippen LogP contribution in [0.1, 0.15) is 33.1 Å². The fraction of sp³-hybridized carbons (Fsp3) is 0.909. The van der Waals surface area contributed by atoms with E-state index in [0.29, 0.717) is 13.1 Å². The van der Waals surface area contributed by atoms with Gasteiger partial charge in [-0.1, -0.05) is 6.92 Å². The molecular weight excluding hydrogens is 238 g/mol. The molecule has 98 valence electrons. The lowest BCUT2D eigenvalue weighted by atomic mass is 10.1. The van der Waals surface area contributed by atoms with Gasteiger partial charge in [-0.25, -0.2) is 8.42 Å². The molecule has 0 aromatic rings. The average molecular weight is 259 g/mol. The van der Waals surface area contributed by atoms with E-state index in [9.17, 15) is 8.42 Å². The molecular formula is C11H21N3O2S. The molecule has 0 amide bonds. The molecule has 0 saturated carbocycles. The molecule has 1 saturated heterocycles. The molecule has 2 atom stereocenters. The summed E-state index contributed by atoms with van der Waals surface area (Å²) >= 11 is 0. The van der Waals surface area contributed by atoms with Crippen LogP contribution in [0.2, 0.25) is 0 Å². The fourth-order valence-corrected chi connectivity index (χ4v) is 3.66. The molecule has 1 fully saturated rings. The third kappa shape index (κ3) is 3.41. The highest BCUT2D eigenvalue weighted by molar-refractivity contribution is 7.90. The number of sulfonamides is 1. The van der Waals surface area contributed by atoms with Gasteiger partial charge in [-0.3, -0.25) is 0 Å². The van der Waals surface area contributed by atoms with Crippen molar-refractivity contribution >= 4 is 10.0 Å². The smallest absolute Gasteiger partial charge is 0.230 e. The molecule has 1 heterocycles. The van der Waals surface area contributed by atoms with E-state index >= 15 is 0 Å². The normalized spacial score (nSPS) is 23.3. The van der Waals surface area contributed by atoms with Crippen LogP contribution in [0.25, 0.3) is 0 Å². The Morgan fingerprint density at radius 3 is 2.76 bits per heavy atom. The van der Waals surface area contributed by atoms with Crippen molar-refractivity contribution in [1.82, 2.24) is 9.62 Å². The van der Waals surface area contributed by atoms with Gasteiger partial charge in [0.15, 0.2) is 5.25 Å². The number of rotatable bonds is 5. The highest BCUT2D eigenvalue weighted by atomic mass is 32.2. The second-order valence-electron chi connectivity index (χ2n) is 4.43. The lowest BCUT2D eigenvalue weighted by Gasteiger charge is -2.34.